The first-order valence-corrected chi connectivity index (χ1v) is 10.6. The summed E-state index contributed by atoms with van der Waals surface area (Å²) in [4.78, 5) is 7.23. The molecule has 0 amide bonds. The summed E-state index contributed by atoms with van der Waals surface area (Å²) in [5.41, 5.74) is 3.96. The molecule has 0 saturated carbocycles. The van der Waals surface area contributed by atoms with Crippen LogP contribution in [0.3, 0.4) is 0 Å². The van der Waals surface area contributed by atoms with Crippen molar-refractivity contribution >= 4 is 41.3 Å². The Bertz CT molecular complexity index is 664. The van der Waals surface area contributed by atoms with Gasteiger partial charge in [0, 0.05) is 19.6 Å². The average Bonchev–Trinajstić information content (AvgIpc) is 3.20. The molecule has 4 nitrogen and oxygen atoms in total. The quantitative estimate of drug-likeness (QED) is 0.333. The lowest BCUT2D eigenvalue weighted by molar-refractivity contribution is 0.221. The summed E-state index contributed by atoms with van der Waals surface area (Å²) in [5, 5.41) is 11.0. The third kappa shape index (κ3) is 7.79. The molecule has 0 aliphatic carbocycles. The maximum Gasteiger partial charge on any atom is 0.191 e. The monoisotopic (exact) mass is 498 g/mol. The fourth-order valence-corrected chi connectivity index (χ4v) is 3.88. The van der Waals surface area contributed by atoms with Gasteiger partial charge in [-0.3, -0.25) is 4.90 Å². The van der Waals surface area contributed by atoms with Gasteiger partial charge in [0.1, 0.15) is 0 Å². The normalized spacial score (nSPS) is 15.2. The fraction of sp³-hybridized carbons (Fsp3) is 0.476. The van der Waals surface area contributed by atoms with Gasteiger partial charge in [0.05, 0.1) is 6.54 Å². The van der Waals surface area contributed by atoms with Crippen molar-refractivity contribution in [3.8, 4) is 0 Å². The summed E-state index contributed by atoms with van der Waals surface area (Å²) in [7, 11) is 0. The number of nitrogens with zero attached hydrogens (tertiary/aromatic N) is 2. The lowest BCUT2D eigenvalue weighted by atomic mass is 10.1. The van der Waals surface area contributed by atoms with E-state index in [2.05, 4.69) is 68.5 Å². The van der Waals surface area contributed by atoms with E-state index < -0.39 is 0 Å². The minimum Gasteiger partial charge on any atom is -0.357 e. The van der Waals surface area contributed by atoms with Gasteiger partial charge in [0.15, 0.2) is 5.96 Å². The Labute approximate surface area is 184 Å². The van der Waals surface area contributed by atoms with E-state index in [4.69, 9.17) is 0 Å². The molecule has 1 aliphatic heterocycles. The molecule has 0 unspecified atom stereocenters. The van der Waals surface area contributed by atoms with Gasteiger partial charge < -0.3 is 10.6 Å². The van der Waals surface area contributed by atoms with Crippen LogP contribution in [-0.2, 0) is 19.6 Å². The van der Waals surface area contributed by atoms with Crippen LogP contribution in [0.4, 0.5) is 0 Å². The third-order valence-corrected chi connectivity index (χ3v) is 5.41. The molecule has 2 N–H and O–H groups in total. The van der Waals surface area contributed by atoms with E-state index in [9.17, 15) is 0 Å². The Morgan fingerprint density at radius 2 is 1.74 bits per heavy atom. The molecule has 0 radical (unpaired) electrons. The molecular weight excluding hydrogens is 467 g/mol. The summed E-state index contributed by atoms with van der Waals surface area (Å²) in [6, 6.07) is 11.1. The predicted octanol–water partition coefficient (Wildman–Crippen LogP) is 4.61. The summed E-state index contributed by atoms with van der Waals surface area (Å²) >= 11 is 1.71. The Balaban J connectivity index is 0.00000261. The summed E-state index contributed by atoms with van der Waals surface area (Å²) in [6.07, 6.45) is 4.09. The minimum absolute atomic E-state index is 0. The zero-order valence-corrected chi connectivity index (χ0v) is 19.3. The highest BCUT2D eigenvalue weighted by Crippen LogP contribution is 2.13. The van der Waals surface area contributed by atoms with Gasteiger partial charge in [-0.25, -0.2) is 4.99 Å². The number of thiophene rings is 1. The van der Waals surface area contributed by atoms with Gasteiger partial charge in [0.25, 0.3) is 0 Å². The van der Waals surface area contributed by atoms with E-state index in [1.54, 1.807) is 11.3 Å². The molecule has 3 rings (SSSR count). The predicted molar refractivity (Wildman–Crippen MR) is 127 cm³/mol. The SMILES string of the molecule is CCNC(=NCc1ccsc1)NCc1ccc(CN2CCCCC2)cc1.I. The Hall–Kier alpha value is -1.12. The second-order valence-electron chi connectivity index (χ2n) is 6.83. The van der Waals surface area contributed by atoms with Gasteiger partial charge in [-0.2, -0.15) is 11.3 Å². The third-order valence-electron chi connectivity index (χ3n) is 4.68. The number of halogens is 1. The van der Waals surface area contributed by atoms with Crippen LogP contribution in [0, 0.1) is 0 Å². The van der Waals surface area contributed by atoms with Crippen LogP contribution >= 0.6 is 35.3 Å². The zero-order chi connectivity index (χ0) is 18.0. The fourth-order valence-electron chi connectivity index (χ4n) is 3.22. The van der Waals surface area contributed by atoms with Gasteiger partial charge >= 0.3 is 0 Å². The van der Waals surface area contributed by atoms with Crippen molar-refractivity contribution in [2.24, 2.45) is 4.99 Å². The first-order valence-electron chi connectivity index (χ1n) is 9.67. The highest BCUT2D eigenvalue weighted by Gasteiger charge is 2.10. The van der Waals surface area contributed by atoms with Crippen molar-refractivity contribution < 1.29 is 0 Å². The van der Waals surface area contributed by atoms with Crippen LogP contribution in [0.2, 0.25) is 0 Å². The van der Waals surface area contributed by atoms with Crippen LogP contribution in [-0.4, -0.2) is 30.5 Å². The minimum atomic E-state index is 0. The lowest BCUT2D eigenvalue weighted by Gasteiger charge is -2.26. The van der Waals surface area contributed by atoms with Crippen molar-refractivity contribution in [2.45, 2.75) is 45.8 Å². The first kappa shape index (κ1) is 22.2. The van der Waals surface area contributed by atoms with Crippen LogP contribution in [0.5, 0.6) is 0 Å². The first-order chi connectivity index (χ1) is 12.8. The van der Waals surface area contributed by atoms with Crippen molar-refractivity contribution in [1.29, 1.82) is 0 Å². The molecular formula is C21H31IN4S. The van der Waals surface area contributed by atoms with Gasteiger partial charge in [-0.05, 0) is 66.4 Å². The van der Waals surface area contributed by atoms with E-state index in [0.717, 1.165) is 25.6 Å². The maximum absolute atomic E-state index is 4.66. The molecule has 6 heteroatoms. The van der Waals surface area contributed by atoms with E-state index in [1.165, 1.54) is 49.0 Å². The van der Waals surface area contributed by atoms with E-state index in [-0.39, 0.29) is 24.0 Å². The molecule has 2 heterocycles. The van der Waals surface area contributed by atoms with Crippen molar-refractivity contribution in [3.05, 3.63) is 57.8 Å². The number of nitrogens with one attached hydrogen (secondary N) is 2. The number of aliphatic imine (C=N–C) groups is 1. The molecule has 1 fully saturated rings. The Morgan fingerprint density at radius 1 is 1.00 bits per heavy atom. The molecule has 0 spiro atoms. The average molecular weight is 498 g/mol. The van der Waals surface area contributed by atoms with E-state index >= 15 is 0 Å². The van der Waals surface area contributed by atoms with E-state index in [0.29, 0.717) is 6.54 Å². The number of benzene rings is 1. The zero-order valence-electron chi connectivity index (χ0n) is 16.1. The molecule has 1 aromatic heterocycles. The molecule has 27 heavy (non-hydrogen) atoms. The number of likely N-dealkylation sites (tertiary alicyclic amines) is 1. The molecule has 148 valence electrons. The van der Waals surface area contributed by atoms with Gasteiger partial charge in [-0.1, -0.05) is 30.7 Å². The number of piperidine rings is 1. The highest BCUT2D eigenvalue weighted by molar-refractivity contribution is 14.0. The smallest absolute Gasteiger partial charge is 0.191 e. The molecule has 1 aromatic carbocycles. The number of hydrogen-bond donors (Lipinski definition) is 2. The molecule has 1 aliphatic rings. The number of hydrogen-bond acceptors (Lipinski definition) is 3. The molecule has 1 saturated heterocycles. The second kappa shape index (κ2) is 12.4. The van der Waals surface area contributed by atoms with Gasteiger partial charge in [0.2, 0.25) is 0 Å². The summed E-state index contributed by atoms with van der Waals surface area (Å²) in [6.45, 7) is 8.04. The van der Waals surface area contributed by atoms with Crippen LogP contribution < -0.4 is 10.6 Å². The largest absolute Gasteiger partial charge is 0.357 e. The molecule has 2 aromatic rings. The van der Waals surface area contributed by atoms with Gasteiger partial charge in [-0.15, -0.1) is 24.0 Å². The topological polar surface area (TPSA) is 39.7 Å². The van der Waals surface area contributed by atoms with Crippen molar-refractivity contribution in [2.75, 3.05) is 19.6 Å². The van der Waals surface area contributed by atoms with Crippen LogP contribution in [0.25, 0.3) is 0 Å². The van der Waals surface area contributed by atoms with Crippen LogP contribution in [0.1, 0.15) is 42.9 Å². The standard InChI is InChI=1S/C21H30N4S.HI/c1-2-22-21(24-15-20-10-13-26-17-20)23-14-18-6-8-19(9-7-18)16-25-11-4-3-5-12-25;/h6-10,13,17H,2-5,11-12,14-16H2,1H3,(H2,22,23,24);1H. The van der Waals surface area contributed by atoms with Crippen molar-refractivity contribution in [3.63, 3.8) is 0 Å². The summed E-state index contributed by atoms with van der Waals surface area (Å²) in [5.74, 6) is 0.871. The summed E-state index contributed by atoms with van der Waals surface area (Å²) < 4.78 is 0. The van der Waals surface area contributed by atoms with E-state index in [1.807, 2.05) is 0 Å². The number of rotatable bonds is 7. The van der Waals surface area contributed by atoms with Crippen LogP contribution in [0.15, 0.2) is 46.1 Å². The Morgan fingerprint density at radius 3 is 2.41 bits per heavy atom. The lowest BCUT2D eigenvalue weighted by Crippen LogP contribution is -2.36. The maximum atomic E-state index is 4.66. The molecule has 0 bridgehead atoms. The Kier molecular flexibility index (Phi) is 10.2. The van der Waals surface area contributed by atoms with Crippen molar-refractivity contribution in [1.82, 2.24) is 15.5 Å². The number of guanidine groups is 1. The highest BCUT2D eigenvalue weighted by atomic mass is 127. The molecule has 0 atom stereocenters. The second-order valence-corrected chi connectivity index (χ2v) is 7.61.